The van der Waals surface area contributed by atoms with E-state index in [1.54, 1.807) is 0 Å². The fourth-order valence-corrected chi connectivity index (χ4v) is 2.38. The summed E-state index contributed by atoms with van der Waals surface area (Å²) in [6.45, 7) is 3.86. The lowest BCUT2D eigenvalue weighted by Gasteiger charge is -2.20. The zero-order valence-corrected chi connectivity index (χ0v) is 12.2. The summed E-state index contributed by atoms with van der Waals surface area (Å²) in [6.07, 6.45) is -4.44. The number of benzene rings is 1. The van der Waals surface area contributed by atoms with Crippen LogP contribution in [0.3, 0.4) is 0 Å². The molecule has 0 aliphatic carbocycles. The summed E-state index contributed by atoms with van der Waals surface area (Å²) < 4.78 is 37.6. The summed E-state index contributed by atoms with van der Waals surface area (Å²) in [6, 6.07) is 4.29. The van der Waals surface area contributed by atoms with Crippen LogP contribution in [0.2, 0.25) is 0 Å². The van der Waals surface area contributed by atoms with Crippen LogP contribution >= 0.6 is 15.9 Å². The Kier molecular flexibility index (Phi) is 5.40. The standard InChI is InChI=1S/C13H15BrF3NO/c1-8(2)11(7-14)18-12(19)9-4-3-5-10(6-9)13(15,16)17/h3-6,8,11H,7H2,1-2H3,(H,18,19). The highest BCUT2D eigenvalue weighted by Crippen LogP contribution is 2.29. The number of carbonyl (C=O) groups is 1. The molecule has 1 unspecified atom stereocenters. The molecular formula is C13H15BrF3NO. The Morgan fingerprint density at radius 1 is 1.37 bits per heavy atom. The lowest BCUT2D eigenvalue weighted by Crippen LogP contribution is -2.39. The molecule has 0 aromatic heterocycles. The van der Waals surface area contributed by atoms with Crippen molar-refractivity contribution in [1.29, 1.82) is 0 Å². The molecule has 0 fully saturated rings. The quantitative estimate of drug-likeness (QED) is 0.830. The summed E-state index contributed by atoms with van der Waals surface area (Å²) in [7, 11) is 0. The molecule has 1 atom stereocenters. The monoisotopic (exact) mass is 337 g/mol. The van der Waals surface area contributed by atoms with E-state index in [1.807, 2.05) is 13.8 Å². The fourth-order valence-electron chi connectivity index (χ4n) is 1.47. The van der Waals surface area contributed by atoms with Crippen LogP contribution in [0.5, 0.6) is 0 Å². The van der Waals surface area contributed by atoms with Gasteiger partial charge in [-0.25, -0.2) is 0 Å². The molecule has 106 valence electrons. The van der Waals surface area contributed by atoms with Crippen molar-refractivity contribution < 1.29 is 18.0 Å². The predicted molar refractivity (Wildman–Crippen MR) is 71.3 cm³/mol. The largest absolute Gasteiger partial charge is 0.416 e. The summed E-state index contributed by atoms with van der Waals surface area (Å²) in [5.74, 6) is -0.307. The molecule has 2 nitrogen and oxygen atoms in total. The van der Waals surface area contributed by atoms with Gasteiger partial charge < -0.3 is 5.32 Å². The molecule has 6 heteroatoms. The minimum absolute atomic E-state index is 0.0152. The van der Waals surface area contributed by atoms with Gasteiger partial charge in [0.1, 0.15) is 0 Å². The number of rotatable bonds is 4. The minimum atomic E-state index is -4.44. The van der Waals surface area contributed by atoms with Gasteiger partial charge in [-0.05, 0) is 24.1 Å². The van der Waals surface area contributed by atoms with Gasteiger partial charge in [0.25, 0.3) is 5.91 Å². The van der Waals surface area contributed by atoms with Gasteiger partial charge in [0.05, 0.1) is 5.56 Å². The van der Waals surface area contributed by atoms with E-state index in [9.17, 15) is 18.0 Å². The molecule has 1 N–H and O–H groups in total. The van der Waals surface area contributed by atoms with Gasteiger partial charge in [0, 0.05) is 16.9 Å². The van der Waals surface area contributed by atoms with Crippen LogP contribution < -0.4 is 5.32 Å². The third-order valence-corrected chi connectivity index (χ3v) is 3.44. The molecule has 1 rings (SSSR count). The van der Waals surface area contributed by atoms with E-state index in [2.05, 4.69) is 21.2 Å². The van der Waals surface area contributed by atoms with Gasteiger partial charge in [-0.3, -0.25) is 4.79 Å². The third kappa shape index (κ3) is 4.53. The Balaban J connectivity index is 2.89. The zero-order chi connectivity index (χ0) is 14.6. The van der Waals surface area contributed by atoms with Crippen molar-refractivity contribution in [3.8, 4) is 0 Å². The predicted octanol–water partition coefficient (Wildman–Crippen LogP) is 3.85. The summed E-state index contributed by atoms with van der Waals surface area (Å²) >= 11 is 3.27. The molecule has 0 saturated carbocycles. The van der Waals surface area contributed by atoms with Crippen LogP contribution in [0, 0.1) is 5.92 Å². The van der Waals surface area contributed by atoms with Gasteiger partial charge in [-0.2, -0.15) is 13.2 Å². The highest BCUT2D eigenvalue weighted by molar-refractivity contribution is 9.09. The smallest absolute Gasteiger partial charge is 0.348 e. The molecule has 1 amide bonds. The maximum Gasteiger partial charge on any atom is 0.416 e. The Morgan fingerprint density at radius 2 is 2.00 bits per heavy atom. The second-order valence-corrected chi connectivity index (χ2v) is 5.20. The molecule has 0 saturated heterocycles. The molecule has 1 aromatic rings. The fraction of sp³-hybridized carbons (Fsp3) is 0.462. The topological polar surface area (TPSA) is 29.1 Å². The molecule has 0 aliphatic heterocycles. The molecular weight excluding hydrogens is 323 g/mol. The van der Waals surface area contributed by atoms with E-state index in [0.29, 0.717) is 5.33 Å². The Morgan fingerprint density at radius 3 is 2.47 bits per heavy atom. The number of amides is 1. The summed E-state index contributed by atoms with van der Waals surface area (Å²) in [4.78, 5) is 11.9. The molecule has 19 heavy (non-hydrogen) atoms. The van der Waals surface area contributed by atoms with Crippen LogP contribution in [0.4, 0.5) is 13.2 Å². The summed E-state index contributed by atoms with van der Waals surface area (Å²) in [5.41, 5.74) is -0.804. The average Bonchev–Trinajstić information content (AvgIpc) is 2.34. The van der Waals surface area contributed by atoms with Gasteiger partial charge >= 0.3 is 6.18 Å². The molecule has 0 radical (unpaired) electrons. The first-order valence-electron chi connectivity index (χ1n) is 5.79. The second-order valence-electron chi connectivity index (χ2n) is 4.56. The number of hydrogen-bond donors (Lipinski definition) is 1. The normalized spacial score (nSPS) is 13.4. The van der Waals surface area contributed by atoms with Crippen molar-refractivity contribution >= 4 is 21.8 Å². The number of carbonyl (C=O) groups excluding carboxylic acids is 1. The molecule has 1 aromatic carbocycles. The molecule has 0 spiro atoms. The van der Waals surface area contributed by atoms with Crippen molar-refractivity contribution in [3.05, 3.63) is 35.4 Å². The molecule has 0 aliphatic rings. The lowest BCUT2D eigenvalue weighted by atomic mass is 10.1. The highest BCUT2D eigenvalue weighted by atomic mass is 79.9. The lowest BCUT2D eigenvalue weighted by molar-refractivity contribution is -0.137. The van der Waals surface area contributed by atoms with Crippen molar-refractivity contribution in [1.82, 2.24) is 5.32 Å². The first-order valence-corrected chi connectivity index (χ1v) is 6.92. The van der Waals surface area contributed by atoms with Gasteiger partial charge in [-0.1, -0.05) is 35.8 Å². The van der Waals surface area contributed by atoms with Gasteiger partial charge in [0.2, 0.25) is 0 Å². The number of halogens is 4. The van der Waals surface area contributed by atoms with Crippen molar-refractivity contribution in [2.24, 2.45) is 5.92 Å². The first kappa shape index (κ1) is 16.0. The SMILES string of the molecule is CC(C)C(CBr)NC(=O)c1cccc(C(F)(F)F)c1. The third-order valence-electron chi connectivity index (χ3n) is 2.74. The van der Waals surface area contributed by atoms with Crippen molar-refractivity contribution in [2.45, 2.75) is 26.1 Å². The Labute approximate surface area is 118 Å². The van der Waals surface area contributed by atoms with Crippen LogP contribution in [0.15, 0.2) is 24.3 Å². The summed E-state index contributed by atoms with van der Waals surface area (Å²) in [5, 5.41) is 3.26. The van der Waals surface area contributed by atoms with E-state index in [4.69, 9.17) is 0 Å². The minimum Gasteiger partial charge on any atom is -0.348 e. The van der Waals surface area contributed by atoms with E-state index < -0.39 is 17.6 Å². The van der Waals surface area contributed by atoms with Crippen LogP contribution in [-0.4, -0.2) is 17.3 Å². The number of alkyl halides is 4. The van der Waals surface area contributed by atoms with Crippen LogP contribution in [0.1, 0.15) is 29.8 Å². The Hall–Kier alpha value is -1.04. The van der Waals surface area contributed by atoms with Crippen LogP contribution in [0.25, 0.3) is 0 Å². The molecule has 0 bridgehead atoms. The van der Waals surface area contributed by atoms with E-state index in [1.165, 1.54) is 12.1 Å². The van der Waals surface area contributed by atoms with E-state index in [0.717, 1.165) is 12.1 Å². The van der Waals surface area contributed by atoms with E-state index in [-0.39, 0.29) is 17.5 Å². The number of hydrogen-bond acceptors (Lipinski definition) is 1. The maximum absolute atomic E-state index is 12.5. The van der Waals surface area contributed by atoms with Crippen molar-refractivity contribution in [2.75, 3.05) is 5.33 Å². The van der Waals surface area contributed by atoms with Gasteiger partial charge in [-0.15, -0.1) is 0 Å². The average molecular weight is 338 g/mol. The van der Waals surface area contributed by atoms with E-state index >= 15 is 0 Å². The maximum atomic E-state index is 12.5. The van der Waals surface area contributed by atoms with Crippen molar-refractivity contribution in [3.63, 3.8) is 0 Å². The highest BCUT2D eigenvalue weighted by Gasteiger charge is 2.31. The van der Waals surface area contributed by atoms with Crippen LogP contribution in [-0.2, 0) is 6.18 Å². The number of nitrogens with one attached hydrogen (secondary N) is 1. The van der Waals surface area contributed by atoms with Gasteiger partial charge in [0.15, 0.2) is 0 Å². The zero-order valence-electron chi connectivity index (χ0n) is 10.6. The second kappa shape index (κ2) is 6.41. The molecule has 0 heterocycles. The first-order chi connectivity index (χ1) is 8.75. The Bertz CT molecular complexity index is 446.